The van der Waals surface area contributed by atoms with Crippen molar-refractivity contribution in [2.75, 3.05) is 12.4 Å². The minimum Gasteiger partial charge on any atom is -0.387 e. The molecule has 2 nitrogen and oxygen atoms in total. The lowest BCUT2D eigenvalue weighted by Crippen LogP contribution is -1.93. The van der Waals surface area contributed by atoms with E-state index in [-0.39, 0.29) is 0 Å². The van der Waals surface area contributed by atoms with Crippen molar-refractivity contribution in [3.8, 4) is 6.07 Å². The Balaban J connectivity index is 2.85. The second-order valence-electron chi connectivity index (χ2n) is 3.07. The number of rotatable bonds is 1. The summed E-state index contributed by atoms with van der Waals surface area (Å²) < 4.78 is 0. The predicted molar refractivity (Wildman–Crippen MR) is 58.2 cm³/mol. The molecule has 0 atom stereocenters. The van der Waals surface area contributed by atoms with E-state index in [0.717, 1.165) is 16.5 Å². The fraction of sp³-hybridized carbons (Fsp3) is 0.0833. The molecule has 0 unspecified atom stereocenters. The summed E-state index contributed by atoms with van der Waals surface area (Å²) >= 11 is 0. The molecule has 2 aromatic rings. The highest BCUT2D eigenvalue weighted by Crippen LogP contribution is 2.26. The van der Waals surface area contributed by atoms with Crippen LogP contribution in [0.3, 0.4) is 0 Å². The highest BCUT2D eigenvalue weighted by Gasteiger charge is 2.04. The lowest BCUT2D eigenvalue weighted by atomic mass is 10.0. The molecule has 0 spiro atoms. The second kappa shape index (κ2) is 3.39. The number of nitriles is 1. The van der Waals surface area contributed by atoms with Gasteiger partial charge in [-0.15, -0.1) is 0 Å². The van der Waals surface area contributed by atoms with Gasteiger partial charge in [0.05, 0.1) is 11.3 Å². The molecule has 0 aliphatic carbocycles. The van der Waals surface area contributed by atoms with Gasteiger partial charge in [-0.1, -0.05) is 30.3 Å². The SMILES string of the molecule is CNc1c(C#N)ccc2ccccc12. The number of hydrogen-bond acceptors (Lipinski definition) is 2. The van der Waals surface area contributed by atoms with E-state index in [0.29, 0.717) is 5.56 Å². The van der Waals surface area contributed by atoms with Gasteiger partial charge >= 0.3 is 0 Å². The van der Waals surface area contributed by atoms with E-state index in [1.165, 1.54) is 0 Å². The van der Waals surface area contributed by atoms with Crippen molar-refractivity contribution in [3.05, 3.63) is 42.0 Å². The third-order valence-corrected chi connectivity index (χ3v) is 2.30. The summed E-state index contributed by atoms with van der Waals surface area (Å²) in [5.41, 5.74) is 1.59. The fourth-order valence-electron chi connectivity index (χ4n) is 1.63. The van der Waals surface area contributed by atoms with Crippen LogP contribution in [0.4, 0.5) is 5.69 Å². The average Bonchev–Trinajstić information content (AvgIpc) is 2.27. The fourth-order valence-corrected chi connectivity index (χ4v) is 1.63. The van der Waals surface area contributed by atoms with Crippen molar-refractivity contribution in [1.82, 2.24) is 0 Å². The van der Waals surface area contributed by atoms with Crippen LogP contribution in [0.1, 0.15) is 5.56 Å². The van der Waals surface area contributed by atoms with Gasteiger partial charge in [0.1, 0.15) is 6.07 Å². The maximum Gasteiger partial charge on any atom is 0.101 e. The first-order valence-corrected chi connectivity index (χ1v) is 4.46. The summed E-state index contributed by atoms with van der Waals surface area (Å²) in [4.78, 5) is 0. The first-order chi connectivity index (χ1) is 6.86. The largest absolute Gasteiger partial charge is 0.387 e. The molecule has 0 aromatic heterocycles. The van der Waals surface area contributed by atoms with E-state index in [9.17, 15) is 0 Å². The molecule has 0 aliphatic rings. The van der Waals surface area contributed by atoms with Gasteiger partial charge in [-0.05, 0) is 11.5 Å². The Hall–Kier alpha value is -2.01. The third-order valence-electron chi connectivity index (χ3n) is 2.30. The highest BCUT2D eigenvalue weighted by atomic mass is 14.8. The van der Waals surface area contributed by atoms with E-state index in [2.05, 4.69) is 11.4 Å². The summed E-state index contributed by atoms with van der Waals surface area (Å²) in [7, 11) is 1.84. The van der Waals surface area contributed by atoms with Crippen molar-refractivity contribution in [1.29, 1.82) is 5.26 Å². The molecule has 2 aromatic carbocycles. The number of nitrogens with zero attached hydrogens (tertiary/aromatic N) is 1. The van der Waals surface area contributed by atoms with E-state index in [1.54, 1.807) is 0 Å². The second-order valence-corrected chi connectivity index (χ2v) is 3.07. The lowest BCUT2D eigenvalue weighted by Gasteiger charge is -2.07. The Labute approximate surface area is 82.8 Å². The Morgan fingerprint density at radius 3 is 2.64 bits per heavy atom. The van der Waals surface area contributed by atoms with Gasteiger partial charge in [-0.3, -0.25) is 0 Å². The summed E-state index contributed by atoms with van der Waals surface area (Å²) in [6.45, 7) is 0. The molecule has 0 fully saturated rings. The zero-order valence-electron chi connectivity index (χ0n) is 7.91. The van der Waals surface area contributed by atoms with Gasteiger partial charge in [0.15, 0.2) is 0 Å². The van der Waals surface area contributed by atoms with Crippen molar-refractivity contribution in [2.24, 2.45) is 0 Å². The number of anilines is 1. The van der Waals surface area contributed by atoms with E-state index >= 15 is 0 Å². The molecule has 0 heterocycles. The average molecular weight is 182 g/mol. The molecule has 2 heteroatoms. The molecule has 68 valence electrons. The van der Waals surface area contributed by atoms with Crippen LogP contribution in [0.5, 0.6) is 0 Å². The van der Waals surface area contributed by atoms with Gasteiger partial charge in [-0.2, -0.15) is 5.26 Å². The van der Waals surface area contributed by atoms with Crippen LogP contribution in [-0.4, -0.2) is 7.05 Å². The van der Waals surface area contributed by atoms with Crippen LogP contribution in [-0.2, 0) is 0 Å². The molecule has 0 amide bonds. The standard InChI is InChI=1S/C12H10N2/c1-14-12-10(8-13)7-6-9-4-2-3-5-11(9)12/h2-7,14H,1H3. The molecule has 1 N–H and O–H groups in total. The molecule has 2 rings (SSSR count). The smallest absolute Gasteiger partial charge is 0.101 e. The van der Waals surface area contributed by atoms with E-state index in [1.807, 2.05) is 43.4 Å². The number of nitrogens with one attached hydrogen (secondary N) is 1. The first kappa shape index (κ1) is 8.58. The Morgan fingerprint density at radius 2 is 1.93 bits per heavy atom. The normalized spacial score (nSPS) is 9.71. The Bertz CT molecular complexity index is 509. The van der Waals surface area contributed by atoms with Crippen LogP contribution < -0.4 is 5.32 Å². The van der Waals surface area contributed by atoms with Gasteiger partial charge in [-0.25, -0.2) is 0 Å². The van der Waals surface area contributed by atoms with Gasteiger partial charge < -0.3 is 5.32 Å². The van der Waals surface area contributed by atoms with Crippen LogP contribution in [0.25, 0.3) is 10.8 Å². The minimum absolute atomic E-state index is 0.686. The van der Waals surface area contributed by atoms with E-state index in [4.69, 9.17) is 5.26 Å². The Morgan fingerprint density at radius 1 is 1.14 bits per heavy atom. The summed E-state index contributed by atoms with van der Waals surface area (Å²) in [6, 6.07) is 14.0. The molecular weight excluding hydrogens is 172 g/mol. The van der Waals surface area contributed by atoms with Crippen LogP contribution in [0.2, 0.25) is 0 Å². The third kappa shape index (κ3) is 1.20. The van der Waals surface area contributed by atoms with Crippen molar-refractivity contribution in [3.63, 3.8) is 0 Å². The zero-order chi connectivity index (χ0) is 9.97. The summed E-state index contributed by atoms with van der Waals surface area (Å²) in [6.07, 6.45) is 0. The van der Waals surface area contributed by atoms with Crippen molar-refractivity contribution < 1.29 is 0 Å². The summed E-state index contributed by atoms with van der Waals surface area (Å²) in [5, 5.41) is 14.2. The Kier molecular flexibility index (Phi) is 2.08. The van der Waals surface area contributed by atoms with E-state index < -0.39 is 0 Å². The van der Waals surface area contributed by atoms with Crippen LogP contribution >= 0.6 is 0 Å². The molecule has 14 heavy (non-hydrogen) atoms. The highest BCUT2D eigenvalue weighted by molar-refractivity contribution is 5.96. The monoisotopic (exact) mass is 182 g/mol. The van der Waals surface area contributed by atoms with Crippen molar-refractivity contribution >= 4 is 16.5 Å². The minimum atomic E-state index is 0.686. The molecule has 0 saturated heterocycles. The number of benzene rings is 2. The van der Waals surface area contributed by atoms with Crippen molar-refractivity contribution in [2.45, 2.75) is 0 Å². The maximum atomic E-state index is 8.92. The molecular formula is C12H10N2. The quantitative estimate of drug-likeness (QED) is 0.736. The zero-order valence-corrected chi connectivity index (χ0v) is 7.91. The maximum absolute atomic E-state index is 8.92. The number of fused-ring (bicyclic) bond motifs is 1. The van der Waals surface area contributed by atoms with Gasteiger partial charge in [0.2, 0.25) is 0 Å². The molecule has 0 radical (unpaired) electrons. The van der Waals surface area contributed by atoms with Crippen LogP contribution in [0.15, 0.2) is 36.4 Å². The molecule has 0 aliphatic heterocycles. The molecule has 0 saturated carbocycles. The van der Waals surface area contributed by atoms with Gasteiger partial charge in [0, 0.05) is 12.4 Å². The molecule has 0 bridgehead atoms. The topological polar surface area (TPSA) is 35.8 Å². The first-order valence-electron chi connectivity index (χ1n) is 4.46. The lowest BCUT2D eigenvalue weighted by molar-refractivity contribution is 1.46. The number of hydrogen-bond donors (Lipinski definition) is 1. The summed E-state index contributed by atoms with van der Waals surface area (Å²) in [5.74, 6) is 0. The van der Waals surface area contributed by atoms with Crippen LogP contribution in [0, 0.1) is 11.3 Å². The van der Waals surface area contributed by atoms with Gasteiger partial charge in [0.25, 0.3) is 0 Å². The predicted octanol–water partition coefficient (Wildman–Crippen LogP) is 2.75.